The highest BCUT2D eigenvalue weighted by Gasteiger charge is 2.30. The summed E-state index contributed by atoms with van der Waals surface area (Å²) in [5.74, 6) is 0.620. The second-order valence-corrected chi connectivity index (χ2v) is 5.41. The molecule has 1 aromatic carbocycles. The molecule has 5 heteroatoms. The van der Waals surface area contributed by atoms with Gasteiger partial charge in [-0.25, -0.2) is 0 Å². The van der Waals surface area contributed by atoms with Crippen molar-refractivity contribution in [1.29, 1.82) is 0 Å². The van der Waals surface area contributed by atoms with Gasteiger partial charge in [0.2, 0.25) is 0 Å². The van der Waals surface area contributed by atoms with Gasteiger partial charge < -0.3 is 10.5 Å². The van der Waals surface area contributed by atoms with Crippen LogP contribution in [-0.4, -0.2) is 13.2 Å². The number of hydrogen-bond acceptors (Lipinski definition) is 2. The van der Waals surface area contributed by atoms with Gasteiger partial charge in [-0.1, -0.05) is 25.0 Å². The molecule has 2 nitrogen and oxygen atoms in total. The number of ether oxygens (including phenoxy) is 1. The van der Waals surface area contributed by atoms with E-state index >= 15 is 0 Å². The van der Waals surface area contributed by atoms with Crippen molar-refractivity contribution in [2.24, 2.45) is 11.7 Å². The monoisotopic (exact) mass is 287 g/mol. The summed E-state index contributed by atoms with van der Waals surface area (Å²) in [7, 11) is 0. The Bertz CT molecular complexity index is 410. The SMILES string of the molecule is NC(COCC1CCCC1)c1ccc(C(F)(F)F)cc1. The quantitative estimate of drug-likeness (QED) is 0.891. The van der Waals surface area contributed by atoms with E-state index in [1.165, 1.54) is 37.8 Å². The molecule has 0 heterocycles. The Balaban J connectivity index is 1.81. The first-order valence-corrected chi connectivity index (χ1v) is 6.97. The van der Waals surface area contributed by atoms with Crippen LogP contribution in [0.5, 0.6) is 0 Å². The van der Waals surface area contributed by atoms with Crippen LogP contribution in [0.2, 0.25) is 0 Å². The average molecular weight is 287 g/mol. The summed E-state index contributed by atoms with van der Waals surface area (Å²) in [6.07, 6.45) is 0.630. The lowest BCUT2D eigenvalue weighted by Crippen LogP contribution is -2.19. The molecule has 0 saturated heterocycles. The Hall–Kier alpha value is -1.07. The van der Waals surface area contributed by atoms with Gasteiger partial charge in [0.05, 0.1) is 18.2 Å². The van der Waals surface area contributed by atoms with Crippen LogP contribution < -0.4 is 5.73 Å². The molecule has 0 amide bonds. The Morgan fingerprint density at radius 1 is 1.15 bits per heavy atom. The van der Waals surface area contributed by atoms with E-state index < -0.39 is 11.7 Å². The van der Waals surface area contributed by atoms with E-state index in [1.807, 2.05) is 0 Å². The number of hydrogen-bond donors (Lipinski definition) is 1. The smallest absolute Gasteiger partial charge is 0.379 e. The fraction of sp³-hybridized carbons (Fsp3) is 0.600. The third-order valence-corrected chi connectivity index (χ3v) is 3.79. The molecule has 1 saturated carbocycles. The highest BCUT2D eigenvalue weighted by Crippen LogP contribution is 2.30. The molecular formula is C15H20F3NO. The first kappa shape index (κ1) is 15.3. The van der Waals surface area contributed by atoms with Crippen molar-refractivity contribution >= 4 is 0 Å². The van der Waals surface area contributed by atoms with Gasteiger partial charge in [-0.05, 0) is 36.5 Å². The Morgan fingerprint density at radius 2 is 1.75 bits per heavy atom. The van der Waals surface area contributed by atoms with Gasteiger partial charge in [0.15, 0.2) is 0 Å². The minimum atomic E-state index is -4.30. The van der Waals surface area contributed by atoms with E-state index in [9.17, 15) is 13.2 Å². The van der Waals surface area contributed by atoms with Crippen molar-refractivity contribution < 1.29 is 17.9 Å². The summed E-state index contributed by atoms with van der Waals surface area (Å²) in [5, 5.41) is 0. The van der Waals surface area contributed by atoms with Crippen LogP contribution >= 0.6 is 0 Å². The fourth-order valence-corrected chi connectivity index (χ4v) is 2.55. The zero-order chi connectivity index (χ0) is 14.6. The number of halogens is 3. The van der Waals surface area contributed by atoms with Crippen molar-refractivity contribution in [3.8, 4) is 0 Å². The molecular weight excluding hydrogens is 267 g/mol. The van der Waals surface area contributed by atoms with Gasteiger partial charge in [0.25, 0.3) is 0 Å². The minimum Gasteiger partial charge on any atom is -0.379 e. The number of alkyl halides is 3. The third kappa shape index (κ3) is 4.21. The van der Waals surface area contributed by atoms with E-state index in [1.54, 1.807) is 0 Å². The van der Waals surface area contributed by atoms with Crippen molar-refractivity contribution in [2.45, 2.75) is 37.9 Å². The highest BCUT2D eigenvalue weighted by atomic mass is 19.4. The molecule has 0 spiro atoms. The Morgan fingerprint density at radius 3 is 2.30 bits per heavy atom. The summed E-state index contributed by atoms with van der Waals surface area (Å²) < 4.78 is 42.9. The summed E-state index contributed by atoms with van der Waals surface area (Å²) in [6, 6.07) is 4.59. The maximum Gasteiger partial charge on any atom is 0.416 e. The zero-order valence-corrected chi connectivity index (χ0v) is 11.3. The van der Waals surface area contributed by atoms with Gasteiger partial charge >= 0.3 is 6.18 Å². The van der Waals surface area contributed by atoms with E-state index in [4.69, 9.17) is 10.5 Å². The summed E-state index contributed by atoms with van der Waals surface area (Å²) in [5.41, 5.74) is 5.95. The average Bonchev–Trinajstić information content (AvgIpc) is 2.91. The van der Waals surface area contributed by atoms with Gasteiger partial charge in [-0.3, -0.25) is 0 Å². The van der Waals surface area contributed by atoms with Gasteiger partial charge in [-0.2, -0.15) is 13.2 Å². The first-order valence-electron chi connectivity index (χ1n) is 6.97. The second kappa shape index (κ2) is 6.59. The summed E-state index contributed by atoms with van der Waals surface area (Å²) in [4.78, 5) is 0. The Labute approximate surface area is 117 Å². The van der Waals surface area contributed by atoms with Crippen LogP contribution in [0.3, 0.4) is 0 Å². The van der Waals surface area contributed by atoms with E-state index in [2.05, 4.69) is 0 Å². The first-order chi connectivity index (χ1) is 9.47. The third-order valence-electron chi connectivity index (χ3n) is 3.79. The lowest BCUT2D eigenvalue weighted by molar-refractivity contribution is -0.137. The van der Waals surface area contributed by atoms with E-state index in [0.29, 0.717) is 24.7 Å². The molecule has 1 unspecified atom stereocenters. The molecule has 0 bridgehead atoms. The minimum absolute atomic E-state index is 0.349. The molecule has 20 heavy (non-hydrogen) atoms. The number of benzene rings is 1. The molecule has 112 valence electrons. The molecule has 1 aliphatic carbocycles. The fourth-order valence-electron chi connectivity index (χ4n) is 2.55. The van der Waals surface area contributed by atoms with Crippen LogP contribution in [0, 0.1) is 5.92 Å². The van der Waals surface area contributed by atoms with Crippen molar-refractivity contribution in [2.75, 3.05) is 13.2 Å². The molecule has 0 aromatic heterocycles. The van der Waals surface area contributed by atoms with Crippen LogP contribution in [0.1, 0.15) is 42.9 Å². The van der Waals surface area contributed by atoms with Crippen LogP contribution in [0.4, 0.5) is 13.2 Å². The van der Waals surface area contributed by atoms with Crippen LogP contribution in [0.25, 0.3) is 0 Å². The van der Waals surface area contributed by atoms with Crippen molar-refractivity contribution in [3.63, 3.8) is 0 Å². The summed E-state index contributed by atoms with van der Waals surface area (Å²) in [6.45, 7) is 1.05. The van der Waals surface area contributed by atoms with E-state index in [-0.39, 0.29) is 6.04 Å². The molecule has 2 N–H and O–H groups in total. The predicted octanol–water partition coefficient (Wildman–Crippen LogP) is 3.91. The standard InChI is InChI=1S/C15H20F3NO/c16-15(17,18)13-7-5-12(6-8-13)14(19)10-20-9-11-3-1-2-4-11/h5-8,11,14H,1-4,9-10,19H2. The Kier molecular flexibility index (Phi) is 5.05. The summed E-state index contributed by atoms with van der Waals surface area (Å²) >= 11 is 0. The maximum absolute atomic E-state index is 12.4. The number of rotatable bonds is 5. The largest absolute Gasteiger partial charge is 0.416 e. The second-order valence-electron chi connectivity index (χ2n) is 5.41. The topological polar surface area (TPSA) is 35.2 Å². The molecule has 1 fully saturated rings. The van der Waals surface area contributed by atoms with Gasteiger partial charge in [-0.15, -0.1) is 0 Å². The number of nitrogens with two attached hydrogens (primary N) is 1. The normalized spacial score (nSPS) is 18.4. The molecule has 0 radical (unpaired) electrons. The molecule has 0 aliphatic heterocycles. The highest BCUT2D eigenvalue weighted by molar-refractivity contribution is 5.26. The molecule has 1 aromatic rings. The molecule has 1 atom stereocenters. The lowest BCUT2D eigenvalue weighted by atomic mass is 10.1. The lowest BCUT2D eigenvalue weighted by Gasteiger charge is -2.16. The van der Waals surface area contributed by atoms with Crippen molar-refractivity contribution in [1.82, 2.24) is 0 Å². The van der Waals surface area contributed by atoms with E-state index in [0.717, 1.165) is 12.1 Å². The molecule has 1 aliphatic rings. The maximum atomic E-state index is 12.4. The van der Waals surface area contributed by atoms with Gasteiger partial charge in [0.1, 0.15) is 0 Å². The molecule has 2 rings (SSSR count). The van der Waals surface area contributed by atoms with Crippen LogP contribution in [-0.2, 0) is 10.9 Å². The zero-order valence-electron chi connectivity index (χ0n) is 11.3. The van der Waals surface area contributed by atoms with Crippen LogP contribution in [0.15, 0.2) is 24.3 Å². The van der Waals surface area contributed by atoms with Crippen molar-refractivity contribution in [3.05, 3.63) is 35.4 Å². The predicted molar refractivity (Wildman–Crippen MR) is 71.1 cm³/mol. The van der Waals surface area contributed by atoms with Gasteiger partial charge in [0, 0.05) is 6.61 Å².